The number of hydrogen-bond acceptors (Lipinski definition) is 6. The zero-order valence-corrected chi connectivity index (χ0v) is 17.1. The molecule has 1 atom stereocenters. The first kappa shape index (κ1) is 24.6. The standard InChI is InChI=1S/C19H21F5N4O5/c20-18(21)33-13-7-10(1-4-12(13)27-5-6-32-8-14(27)29)26-17(31)15(16(25)30)28(11-2-3-11)9-19(22,23)24/h1,4,7,11,15,18H,2-3,5-6,8-9H2,(H2,25,30)(H,26,31)/t15-/m1/s1. The van der Waals surface area contributed by atoms with Crippen molar-refractivity contribution >= 4 is 29.1 Å². The van der Waals surface area contributed by atoms with Crippen molar-refractivity contribution in [2.75, 3.05) is 36.5 Å². The first-order chi connectivity index (χ1) is 15.5. The van der Waals surface area contributed by atoms with Crippen LogP contribution in [0.15, 0.2) is 18.2 Å². The van der Waals surface area contributed by atoms with E-state index in [0.717, 1.165) is 11.0 Å². The number of ether oxygens (including phenoxy) is 2. The molecule has 1 aliphatic heterocycles. The maximum absolute atomic E-state index is 13.0. The summed E-state index contributed by atoms with van der Waals surface area (Å²) in [6.07, 6.45) is -3.95. The van der Waals surface area contributed by atoms with Crippen LogP contribution in [0.3, 0.4) is 0 Å². The van der Waals surface area contributed by atoms with Crippen LogP contribution in [0.25, 0.3) is 0 Å². The molecule has 0 spiro atoms. The molecule has 2 aliphatic rings. The number of benzene rings is 1. The summed E-state index contributed by atoms with van der Waals surface area (Å²) >= 11 is 0. The number of rotatable bonds is 9. The van der Waals surface area contributed by atoms with Crippen molar-refractivity contribution in [1.82, 2.24) is 4.90 Å². The molecule has 1 saturated carbocycles. The molecule has 2 fully saturated rings. The molecular weight excluding hydrogens is 459 g/mol. The summed E-state index contributed by atoms with van der Waals surface area (Å²) in [5, 5.41) is 2.23. The van der Waals surface area contributed by atoms with Crippen LogP contribution in [0.2, 0.25) is 0 Å². The monoisotopic (exact) mass is 480 g/mol. The molecule has 9 nitrogen and oxygen atoms in total. The van der Waals surface area contributed by atoms with Gasteiger partial charge in [0.25, 0.3) is 11.8 Å². The SMILES string of the molecule is NC(=O)[C@H](C(=O)Nc1ccc(N2CCOCC2=O)c(OC(F)F)c1)N(CC(F)(F)F)C1CC1. The Labute approximate surface area is 184 Å². The fourth-order valence-corrected chi connectivity index (χ4v) is 3.48. The van der Waals surface area contributed by atoms with Crippen LogP contribution in [0.5, 0.6) is 5.75 Å². The number of nitrogens with one attached hydrogen (secondary N) is 1. The van der Waals surface area contributed by atoms with Crippen LogP contribution in [0.1, 0.15) is 12.8 Å². The van der Waals surface area contributed by atoms with Crippen molar-refractivity contribution in [2.24, 2.45) is 5.73 Å². The summed E-state index contributed by atoms with van der Waals surface area (Å²) < 4.78 is 74.3. The average Bonchev–Trinajstić information content (AvgIpc) is 3.52. The third-order valence-corrected chi connectivity index (χ3v) is 4.95. The number of halogens is 5. The lowest BCUT2D eigenvalue weighted by Gasteiger charge is -2.30. The van der Waals surface area contributed by atoms with Gasteiger partial charge in [-0.1, -0.05) is 0 Å². The van der Waals surface area contributed by atoms with Crippen LogP contribution < -0.4 is 20.7 Å². The fraction of sp³-hybridized carbons (Fsp3) is 0.526. The van der Waals surface area contributed by atoms with E-state index < -0.39 is 54.9 Å². The summed E-state index contributed by atoms with van der Waals surface area (Å²) in [4.78, 5) is 38.5. The largest absolute Gasteiger partial charge is 0.433 e. The first-order valence-electron chi connectivity index (χ1n) is 9.86. The van der Waals surface area contributed by atoms with Gasteiger partial charge in [0.1, 0.15) is 6.61 Å². The van der Waals surface area contributed by atoms with Gasteiger partial charge in [-0.3, -0.25) is 19.3 Å². The van der Waals surface area contributed by atoms with Crippen molar-refractivity contribution < 1.29 is 45.8 Å². The molecule has 3 amide bonds. The van der Waals surface area contributed by atoms with Gasteiger partial charge in [-0.25, -0.2) is 0 Å². The summed E-state index contributed by atoms with van der Waals surface area (Å²) in [5.74, 6) is -3.40. The summed E-state index contributed by atoms with van der Waals surface area (Å²) in [6.45, 7) is -4.81. The molecule has 1 saturated heterocycles. The third kappa shape index (κ3) is 6.51. The Balaban J connectivity index is 1.85. The maximum Gasteiger partial charge on any atom is 0.401 e. The van der Waals surface area contributed by atoms with E-state index in [1.165, 1.54) is 12.1 Å². The number of alkyl halides is 5. The second kappa shape index (κ2) is 9.87. The van der Waals surface area contributed by atoms with E-state index in [9.17, 15) is 36.3 Å². The van der Waals surface area contributed by atoms with E-state index in [2.05, 4.69) is 10.1 Å². The number of anilines is 2. The molecule has 33 heavy (non-hydrogen) atoms. The van der Waals surface area contributed by atoms with Gasteiger partial charge in [-0.15, -0.1) is 0 Å². The van der Waals surface area contributed by atoms with Gasteiger partial charge >= 0.3 is 12.8 Å². The minimum Gasteiger partial charge on any atom is -0.433 e. The third-order valence-electron chi connectivity index (χ3n) is 4.95. The quantitative estimate of drug-likeness (QED) is 0.409. The van der Waals surface area contributed by atoms with Gasteiger partial charge in [0.15, 0.2) is 11.8 Å². The number of carbonyl (C=O) groups is 3. The summed E-state index contributed by atoms with van der Waals surface area (Å²) in [6, 6.07) is 0.870. The average molecular weight is 480 g/mol. The lowest BCUT2D eigenvalue weighted by atomic mass is 10.1. The minimum atomic E-state index is -4.68. The maximum atomic E-state index is 13.0. The summed E-state index contributed by atoms with van der Waals surface area (Å²) in [7, 11) is 0. The van der Waals surface area contributed by atoms with E-state index in [-0.39, 0.29) is 31.1 Å². The molecule has 0 radical (unpaired) electrons. The highest BCUT2D eigenvalue weighted by Crippen LogP contribution is 2.35. The molecule has 14 heteroatoms. The number of nitrogens with two attached hydrogens (primary N) is 1. The van der Waals surface area contributed by atoms with Crippen molar-refractivity contribution in [2.45, 2.75) is 37.7 Å². The highest BCUT2D eigenvalue weighted by Gasteiger charge is 2.45. The molecule has 0 bridgehead atoms. The lowest BCUT2D eigenvalue weighted by molar-refractivity contribution is -0.158. The zero-order chi connectivity index (χ0) is 24.3. The van der Waals surface area contributed by atoms with E-state index in [0.29, 0.717) is 17.7 Å². The summed E-state index contributed by atoms with van der Waals surface area (Å²) in [5.41, 5.74) is 5.07. The molecule has 1 heterocycles. The smallest absolute Gasteiger partial charge is 0.401 e. The molecule has 3 rings (SSSR count). The Morgan fingerprint density at radius 1 is 1.30 bits per heavy atom. The first-order valence-corrected chi connectivity index (χ1v) is 9.86. The zero-order valence-electron chi connectivity index (χ0n) is 17.1. The Bertz CT molecular complexity index is 909. The van der Waals surface area contributed by atoms with Crippen LogP contribution in [-0.4, -0.2) is 73.8 Å². The number of nitrogens with zero attached hydrogens (tertiary/aromatic N) is 2. The molecular formula is C19H21F5N4O5. The van der Waals surface area contributed by atoms with E-state index in [1.54, 1.807) is 0 Å². The number of primary amides is 1. The number of amides is 3. The van der Waals surface area contributed by atoms with Crippen LogP contribution in [-0.2, 0) is 19.1 Å². The van der Waals surface area contributed by atoms with Gasteiger partial charge in [-0.05, 0) is 25.0 Å². The van der Waals surface area contributed by atoms with Gasteiger partial charge in [0.2, 0.25) is 5.91 Å². The fourth-order valence-electron chi connectivity index (χ4n) is 3.48. The Morgan fingerprint density at radius 3 is 2.55 bits per heavy atom. The van der Waals surface area contributed by atoms with Crippen molar-refractivity contribution in [3.63, 3.8) is 0 Å². The van der Waals surface area contributed by atoms with E-state index in [1.807, 2.05) is 0 Å². The second-order valence-electron chi connectivity index (χ2n) is 7.47. The van der Waals surface area contributed by atoms with Crippen molar-refractivity contribution in [3.05, 3.63) is 18.2 Å². The molecule has 1 aromatic carbocycles. The predicted molar refractivity (Wildman–Crippen MR) is 104 cm³/mol. The van der Waals surface area contributed by atoms with Gasteiger partial charge in [0, 0.05) is 24.3 Å². The Morgan fingerprint density at radius 2 is 2.00 bits per heavy atom. The van der Waals surface area contributed by atoms with Crippen LogP contribution >= 0.6 is 0 Å². The molecule has 1 aliphatic carbocycles. The minimum absolute atomic E-state index is 0.00951. The van der Waals surface area contributed by atoms with Gasteiger partial charge in [-0.2, -0.15) is 22.0 Å². The van der Waals surface area contributed by atoms with Crippen LogP contribution in [0.4, 0.5) is 33.3 Å². The second-order valence-corrected chi connectivity index (χ2v) is 7.47. The Kier molecular flexibility index (Phi) is 7.37. The van der Waals surface area contributed by atoms with Crippen LogP contribution in [0, 0.1) is 0 Å². The Hall–Kier alpha value is -3.00. The topological polar surface area (TPSA) is 114 Å². The normalized spacial score (nSPS) is 17.9. The lowest BCUT2D eigenvalue weighted by Crippen LogP contribution is -2.55. The van der Waals surface area contributed by atoms with E-state index in [4.69, 9.17) is 10.5 Å². The number of morpholine rings is 1. The number of carbonyl (C=O) groups excluding carboxylic acids is 3. The van der Waals surface area contributed by atoms with E-state index >= 15 is 0 Å². The molecule has 3 N–H and O–H groups in total. The van der Waals surface area contributed by atoms with Gasteiger partial charge < -0.3 is 25.4 Å². The molecule has 1 aromatic rings. The highest BCUT2D eigenvalue weighted by molar-refractivity contribution is 6.10. The predicted octanol–water partition coefficient (Wildman–Crippen LogP) is 1.47. The van der Waals surface area contributed by atoms with Gasteiger partial charge in [0.05, 0.1) is 18.8 Å². The van der Waals surface area contributed by atoms with Crippen molar-refractivity contribution in [3.8, 4) is 5.75 Å². The van der Waals surface area contributed by atoms with Crippen molar-refractivity contribution in [1.29, 1.82) is 0 Å². The highest BCUT2D eigenvalue weighted by atomic mass is 19.4. The number of hydrogen-bond donors (Lipinski definition) is 2. The molecule has 0 aromatic heterocycles. The molecule has 0 unspecified atom stereocenters. The molecule has 182 valence electrons.